The summed E-state index contributed by atoms with van der Waals surface area (Å²) in [5, 5.41) is 0. The number of halogens is 2. The molecule has 2 N–H and O–H groups in total. The van der Waals surface area contributed by atoms with E-state index in [1.165, 1.54) is 9.13 Å². The lowest BCUT2D eigenvalue weighted by atomic mass is 9.88. The first-order valence-corrected chi connectivity index (χ1v) is 6.44. The molecule has 2 rings (SSSR count). The van der Waals surface area contributed by atoms with E-state index in [9.17, 15) is 0 Å². The molecule has 0 amide bonds. The molecule has 1 saturated heterocycles. The minimum absolute atomic E-state index is 0. The number of nitrogens with two attached hydrogens (primary N) is 1. The maximum atomic E-state index is 6.26. The summed E-state index contributed by atoms with van der Waals surface area (Å²) in [5.41, 5.74) is 7.51. The maximum Gasteiger partial charge on any atom is 0.0469 e. The largest absolute Gasteiger partial charge is 0.381 e. The Kier molecular flexibility index (Phi) is 6.03. The van der Waals surface area contributed by atoms with Gasteiger partial charge in [0.05, 0.1) is 0 Å². The van der Waals surface area contributed by atoms with Gasteiger partial charge < -0.3 is 10.5 Å². The lowest BCUT2D eigenvalue weighted by molar-refractivity contribution is 0.0584. The van der Waals surface area contributed by atoms with Crippen molar-refractivity contribution in [3.8, 4) is 0 Å². The first-order valence-electron chi connectivity index (χ1n) is 5.36. The van der Waals surface area contributed by atoms with Crippen LogP contribution in [0.15, 0.2) is 24.3 Å². The van der Waals surface area contributed by atoms with Crippen LogP contribution in [0.3, 0.4) is 0 Å². The SMILES string of the molecule is Cl.N[C@@H](c1ccc(I)cc1)C1CCOCC1. The average Bonchev–Trinajstić information content (AvgIpc) is 2.30. The highest BCUT2D eigenvalue weighted by molar-refractivity contribution is 14.1. The van der Waals surface area contributed by atoms with Gasteiger partial charge in [0.15, 0.2) is 0 Å². The first-order chi connectivity index (χ1) is 7.27. The summed E-state index contributed by atoms with van der Waals surface area (Å²) in [6.07, 6.45) is 2.18. The zero-order chi connectivity index (χ0) is 10.7. The van der Waals surface area contributed by atoms with Crippen LogP contribution >= 0.6 is 35.0 Å². The van der Waals surface area contributed by atoms with E-state index >= 15 is 0 Å². The predicted octanol–water partition coefficient (Wildman–Crippen LogP) is 3.14. The van der Waals surface area contributed by atoms with Crippen LogP contribution in [0.25, 0.3) is 0 Å². The molecule has 0 saturated carbocycles. The van der Waals surface area contributed by atoms with Crippen LogP contribution in [0.5, 0.6) is 0 Å². The molecule has 1 fully saturated rings. The Balaban J connectivity index is 0.00000128. The van der Waals surface area contributed by atoms with Gasteiger partial charge in [-0.1, -0.05) is 12.1 Å². The highest BCUT2D eigenvalue weighted by Gasteiger charge is 2.21. The van der Waals surface area contributed by atoms with E-state index in [-0.39, 0.29) is 18.4 Å². The second-order valence-corrected chi connectivity index (χ2v) is 5.27. The van der Waals surface area contributed by atoms with E-state index in [1.807, 2.05) is 0 Å². The van der Waals surface area contributed by atoms with Crippen molar-refractivity contribution in [1.82, 2.24) is 0 Å². The number of rotatable bonds is 2. The molecule has 0 unspecified atom stereocenters. The van der Waals surface area contributed by atoms with E-state index < -0.39 is 0 Å². The van der Waals surface area contributed by atoms with Gasteiger partial charge in [-0.3, -0.25) is 0 Å². The van der Waals surface area contributed by atoms with Gasteiger partial charge in [0.1, 0.15) is 0 Å². The highest BCUT2D eigenvalue weighted by Crippen LogP contribution is 2.28. The normalized spacial score (nSPS) is 18.9. The van der Waals surface area contributed by atoms with Gasteiger partial charge in [-0.2, -0.15) is 0 Å². The number of hydrogen-bond donors (Lipinski definition) is 1. The molecule has 1 heterocycles. The highest BCUT2D eigenvalue weighted by atomic mass is 127. The van der Waals surface area contributed by atoms with Gasteiger partial charge >= 0.3 is 0 Å². The summed E-state index contributed by atoms with van der Waals surface area (Å²) in [4.78, 5) is 0. The van der Waals surface area contributed by atoms with Crippen molar-refractivity contribution in [1.29, 1.82) is 0 Å². The molecule has 90 valence electrons. The van der Waals surface area contributed by atoms with Gasteiger partial charge in [0, 0.05) is 22.8 Å². The van der Waals surface area contributed by atoms with Crippen LogP contribution in [0.4, 0.5) is 0 Å². The summed E-state index contributed by atoms with van der Waals surface area (Å²) in [6, 6.07) is 8.69. The van der Waals surface area contributed by atoms with E-state index in [0.717, 1.165) is 26.1 Å². The minimum atomic E-state index is 0. The van der Waals surface area contributed by atoms with Gasteiger partial charge in [-0.15, -0.1) is 12.4 Å². The van der Waals surface area contributed by atoms with E-state index in [4.69, 9.17) is 10.5 Å². The number of hydrogen-bond acceptors (Lipinski definition) is 2. The second kappa shape index (κ2) is 6.79. The van der Waals surface area contributed by atoms with Crippen molar-refractivity contribution in [2.24, 2.45) is 11.7 Å². The minimum Gasteiger partial charge on any atom is -0.381 e. The Morgan fingerprint density at radius 1 is 1.19 bits per heavy atom. The van der Waals surface area contributed by atoms with Crippen LogP contribution in [0.1, 0.15) is 24.4 Å². The standard InChI is InChI=1S/C12H16INO.ClH/c13-11-3-1-9(2-4-11)12(14)10-5-7-15-8-6-10;/h1-4,10,12H,5-8,14H2;1H/t12-;/m0./s1. The fraction of sp³-hybridized carbons (Fsp3) is 0.500. The molecule has 0 spiro atoms. The summed E-state index contributed by atoms with van der Waals surface area (Å²) >= 11 is 2.31. The third-order valence-corrected chi connectivity index (χ3v) is 3.75. The molecule has 0 radical (unpaired) electrons. The Labute approximate surface area is 116 Å². The van der Waals surface area contributed by atoms with Gasteiger partial charge in [-0.25, -0.2) is 0 Å². The molecule has 0 aliphatic carbocycles. The average molecular weight is 354 g/mol. The van der Waals surface area contributed by atoms with Crippen molar-refractivity contribution in [2.75, 3.05) is 13.2 Å². The Morgan fingerprint density at radius 3 is 2.31 bits per heavy atom. The van der Waals surface area contributed by atoms with Crippen LogP contribution < -0.4 is 5.73 Å². The Hall–Kier alpha value is 0.160. The van der Waals surface area contributed by atoms with E-state index in [0.29, 0.717) is 5.92 Å². The van der Waals surface area contributed by atoms with Crippen molar-refractivity contribution in [3.05, 3.63) is 33.4 Å². The first kappa shape index (κ1) is 14.2. The fourth-order valence-corrected chi connectivity index (χ4v) is 2.39. The molecular weight excluding hydrogens is 336 g/mol. The molecule has 1 aliphatic rings. The number of benzene rings is 1. The second-order valence-electron chi connectivity index (χ2n) is 4.03. The lowest BCUT2D eigenvalue weighted by Gasteiger charge is -2.27. The molecule has 0 bridgehead atoms. The van der Waals surface area contributed by atoms with Crippen molar-refractivity contribution >= 4 is 35.0 Å². The summed E-state index contributed by atoms with van der Waals surface area (Å²) in [5.74, 6) is 0.582. The third-order valence-electron chi connectivity index (χ3n) is 3.03. The molecule has 1 atom stereocenters. The molecule has 2 nitrogen and oxygen atoms in total. The summed E-state index contributed by atoms with van der Waals surface area (Å²) in [6.45, 7) is 1.73. The van der Waals surface area contributed by atoms with Crippen LogP contribution in [-0.4, -0.2) is 13.2 Å². The van der Waals surface area contributed by atoms with Crippen LogP contribution in [0.2, 0.25) is 0 Å². The lowest BCUT2D eigenvalue weighted by Crippen LogP contribution is -2.27. The van der Waals surface area contributed by atoms with Crippen LogP contribution in [-0.2, 0) is 4.74 Å². The van der Waals surface area contributed by atoms with Gasteiger partial charge in [0.25, 0.3) is 0 Å². The zero-order valence-electron chi connectivity index (χ0n) is 9.06. The number of ether oxygens (including phenoxy) is 1. The summed E-state index contributed by atoms with van der Waals surface area (Å²) in [7, 11) is 0. The quantitative estimate of drug-likeness (QED) is 0.829. The molecule has 1 aromatic carbocycles. The van der Waals surface area contributed by atoms with Crippen LogP contribution in [0, 0.1) is 9.49 Å². The molecule has 4 heteroatoms. The molecule has 1 aliphatic heterocycles. The van der Waals surface area contributed by atoms with Crippen molar-refractivity contribution in [2.45, 2.75) is 18.9 Å². The maximum absolute atomic E-state index is 6.26. The fourth-order valence-electron chi connectivity index (χ4n) is 2.03. The van der Waals surface area contributed by atoms with Gasteiger partial charge in [-0.05, 0) is 59.0 Å². The molecule has 16 heavy (non-hydrogen) atoms. The van der Waals surface area contributed by atoms with E-state index in [2.05, 4.69) is 46.9 Å². The van der Waals surface area contributed by atoms with Gasteiger partial charge in [0.2, 0.25) is 0 Å². The Morgan fingerprint density at radius 2 is 1.75 bits per heavy atom. The predicted molar refractivity (Wildman–Crippen MR) is 76.9 cm³/mol. The monoisotopic (exact) mass is 353 g/mol. The molecule has 1 aromatic rings. The van der Waals surface area contributed by atoms with E-state index in [1.54, 1.807) is 0 Å². The summed E-state index contributed by atoms with van der Waals surface area (Å²) < 4.78 is 6.61. The molecular formula is C12H17ClINO. The Bertz CT molecular complexity index is 311. The van der Waals surface area contributed by atoms with Crippen molar-refractivity contribution < 1.29 is 4.74 Å². The molecule has 0 aromatic heterocycles. The topological polar surface area (TPSA) is 35.2 Å². The third kappa shape index (κ3) is 3.58. The smallest absolute Gasteiger partial charge is 0.0469 e. The zero-order valence-corrected chi connectivity index (χ0v) is 12.0. The van der Waals surface area contributed by atoms with Crippen molar-refractivity contribution in [3.63, 3.8) is 0 Å².